The van der Waals surface area contributed by atoms with Gasteiger partial charge in [0.05, 0.1) is 0 Å². The molecule has 1 aliphatic heterocycles. The van der Waals surface area contributed by atoms with Gasteiger partial charge >= 0.3 is 5.97 Å². The van der Waals surface area contributed by atoms with Crippen LogP contribution in [-0.2, 0) is 4.79 Å². The van der Waals surface area contributed by atoms with Crippen molar-refractivity contribution in [2.75, 3.05) is 13.2 Å². The number of aliphatic hydroxyl groups is 1. The van der Waals surface area contributed by atoms with E-state index >= 15 is 0 Å². The van der Waals surface area contributed by atoms with Gasteiger partial charge in [-0.3, -0.25) is 0 Å². The third kappa shape index (κ3) is 7.50. The van der Waals surface area contributed by atoms with E-state index in [1.54, 1.807) is 0 Å². The van der Waals surface area contributed by atoms with E-state index in [0.717, 1.165) is 6.04 Å². The Hall–Kier alpha value is -0.610. The first-order chi connectivity index (χ1) is 5.66. The van der Waals surface area contributed by atoms with Gasteiger partial charge in [-0.25, -0.2) is 4.79 Å². The third-order valence-corrected chi connectivity index (χ3v) is 1.69. The summed E-state index contributed by atoms with van der Waals surface area (Å²) in [5.74, 6) is -1.19. The maximum absolute atomic E-state index is 9.12. The second-order valence-electron chi connectivity index (χ2n) is 2.90. The molecule has 4 heteroatoms. The Morgan fingerprint density at radius 2 is 2.17 bits per heavy atom. The van der Waals surface area contributed by atoms with Crippen molar-refractivity contribution in [3.05, 3.63) is 0 Å². The van der Waals surface area contributed by atoms with Crippen molar-refractivity contribution in [1.29, 1.82) is 0 Å². The minimum Gasteiger partial charge on any atom is -0.480 e. The fraction of sp³-hybridized carbons (Fsp3) is 0.875. The van der Waals surface area contributed by atoms with Gasteiger partial charge < -0.3 is 15.5 Å². The van der Waals surface area contributed by atoms with Gasteiger partial charge in [-0.1, -0.05) is 6.42 Å². The summed E-state index contributed by atoms with van der Waals surface area (Å²) in [4.78, 5) is 9.12. The second-order valence-corrected chi connectivity index (χ2v) is 2.90. The highest BCUT2D eigenvalue weighted by atomic mass is 16.4. The van der Waals surface area contributed by atoms with E-state index in [1.165, 1.54) is 25.8 Å². The zero-order valence-electron chi connectivity index (χ0n) is 7.42. The maximum Gasteiger partial charge on any atom is 0.329 e. The fourth-order valence-electron chi connectivity index (χ4n) is 1.03. The lowest BCUT2D eigenvalue weighted by atomic mass is 10.1. The van der Waals surface area contributed by atoms with Crippen molar-refractivity contribution >= 4 is 5.97 Å². The molecule has 12 heavy (non-hydrogen) atoms. The summed E-state index contributed by atoms with van der Waals surface area (Å²) in [6.45, 7) is 2.71. The highest BCUT2D eigenvalue weighted by Gasteiger charge is 2.04. The Bertz CT molecular complexity index is 121. The molecule has 1 atom stereocenters. The number of nitrogens with one attached hydrogen (secondary N) is 1. The van der Waals surface area contributed by atoms with Crippen LogP contribution in [0.2, 0.25) is 0 Å². The topological polar surface area (TPSA) is 69.6 Å². The summed E-state index contributed by atoms with van der Waals surface area (Å²) in [5.41, 5.74) is 0. The molecule has 1 fully saturated rings. The highest BCUT2D eigenvalue weighted by molar-refractivity contribution is 5.67. The van der Waals surface area contributed by atoms with Crippen molar-refractivity contribution < 1.29 is 15.0 Å². The first-order valence-corrected chi connectivity index (χ1v) is 4.23. The smallest absolute Gasteiger partial charge is 0.329 e. The lowest BCUT2D eigenvalue weighted by Gasteiger charge is -2.18. The molecule has 1 saturated heterocycles. The summed E-state index contributed by atoms with van der Waals surface area (Å²) in [6, 6.07) is 0.786. The fourth-order valence-corrected chi connectivity index (χ4v) is 1.03. The molecule has 0 aromatic carbocycles. The third-order valence-electron chi connectivity index (χ3n) is 1.69. The van der Waals surface area contributed by atoms with E-state index in [2.05, 4.69) is 12.2 Å². The predicted octanol–water partition coefficient (Wildman–Crippen LogP) is 0.212. The van der Waals surface area contributed by atoms with Gasteiger partial charge in [0.15, 0.2) is 0 Å². The monoisotopic (exact) mass is 175 g/mol. The number of carbonyl (C=O) groups is 1. The Kier molecular flexibility index (Phi) is 6.70. The van der Waals surface area contributed by atoms with Gasteiger partial charge in [0.25, 0.3) is 0 Å². The molecule has 0 spiro atoms. The van der Waals surface area contributed by atoms with Crippen LogP contribution in [0.5, 0.6) is 0 Å². The second kappa shape index (κ2) is 7.06. The van der Waals surface area contributed by atoms with Crippen LogP contribution in [0.25, 0.3) is 0 Å². The van der Waals surface area contributed by atoms with Crippen molar-refractivity contribution in [3.63, 3.8) is 0 Å². The van der Waals surface area contributed by atoms with Gasteiger partial charge in [0, 0.05) is 6.04 Å². The number of carboxylic acid groups (broad SMARTS) is 1. The molecule has 1 rings (SSSR count). The lowest BCUT2D eigenvalue weighted by molar-refractivity contribution is -0.140. The van der Waals surface area contributed by atoms with Crippen LogP contribution < -0.4 is 5.32 Å². The average Bonchev–Trinajstić information content (AvgIpc) is 2.07. The lowest BCUT2D eigenvalue weighted by Crippen LogP contribution is -2.30. The number of carboxylic acids is 1. The Morgan fingerprint density at radius 1 is 1.58 bits per heavy atom. The molecule has 0 saturated carbocycles. The molecule has 0 radical (unpaired) electrons. The molecule has 0 aromatic rings. The van der Waals surface area contributed by atoms with E-state index in [4.69, 9.17) is 15.0 Å². The molecule has 72 valence electrons. The SMILES string of the molecule is CC1CCCCN1.O=C(O)CO. The minimum atomic E-state index is -1.19. The molecule has 1 aliphatic rings. The highest BCUT2D eigenvalue weighted by Crippen LogP contribution is 2.04. The van der Waals surface area contributed by atoms with Crippen LogP contribution in [0.15, 0.2) is 0 Å². The summed E-state index contributed by atoms with van der Waals surface area (Å²) in [7, 11) is 0. The van der Waals surface area contributed by atoms with E-state index in [9.17, 15) is 0 Å². The molecule has 0 aliphatic carbocycles. The summed E-state index contributed by atoms with van der Waals surface area (Å²) >= 11 is 0. The van der Waals surface area contributed by atoms with Crippen LogP contribution in [0, 0.1) is 0 Å². The minimum absolute atomic E-state index is 0.778. The number of piperidine rings is 1. The van der Waals surface area contributed by atoms with E-state index in [0.29, 0.717) is 0 Å². The van der Waals surface area contributed by atoms with Crippen molar-refractivity contribution in [1.82, 2.24) is 5.32 Å². The van der Waals surface area contributed by atoms with Gasteiger partial charge in [0.1, 0.15) is 6.61 Å². The number of aliphatic hydroxyl groups excluding tert-OH is 1. The van der Waals surface area contributed by atoms with E-state index in [1.807, 2.05) is 0 Å². The number of rotatable bonds is 1. The molecule has 0 bridgehead atoms. The standard InChI is InChI=1S/C6H13N.C2H4O3/c1-6-4-2-3-5-7-6;3-1-2(4)5/h6-7H,2-5H2,1H3;3H,1H2,(H,4,5). The van der Waals surface area contributed by atoms with Crippen LogP contribution >= 0.6 is 0 Å². The van der Waals surface area contributed by atoms with E-state index < -0.39 is 12.6 Å². The summed E-state index contributed by atoms with van der Waals surface area (Å²) < 4.78 is 0. The average molecular weight is 175 g/mol. The zero-order valence-corrected chi connectivity index (χ0v) is 7.42. The first kappa shape index (κ1) is 11.4. The number of aliphatic carboxylic acids is 1. The maximum atomic E-state index is 9.12. The van der Waals surface area contributed by atoms with Crippen molar-refractivity contribution in [2.24, 2.45) is 0 Å². The molecule has 0 aromatic heterocycles. The molecule has 1 unspecified atom stereocenters. The quantitative estimate of drug-likeness (QED) is 0.533. The normalized spacial score (nSPS) is 22.3. The summed E-state index contributed by atoms with van der Waals surface area (Å²) in [5, 5.41) is 18.4. The summed E-state index contributed by atoms with van der Waals surface area (Å²) in [6.07, 6.45) is 4.18. The van der Waals surface area contributed by atoms with Crippen molar-refractivity contribution in [3.8, 4) is 0 Å². The van der Waals surface area contributed by atoms with Crippen LogP contribution in [0.3, 0.4) is 0 Å². The van der Waals surface area contributed by atoms with Crippen molar-refractivity contribution in [2.45, 2.75) is 32.2 Å². The zero-order chi connectivity index (χ0) is 9.40. The van der Waals surface area contributed by atoms with E-state index in [-0.39, 0.29) is 0 Å². The number of hydrogen-bond acceptors (Lipinski definition) is 3. The van der Waals surface area contributed by atoms with Crippen LogP contribution in [0.4, 0.5) is 0 Å². The van der Waals surface area contributed by atoms with Crippen LogP contribution in [-0.4, -0.2) is 35.4 Å². The van der Waals surface area contributed by atoms with Gasteiger partial charge in [-0.05, 0) is 26.3 Å². The van der Waals surface area contributed by atoms with Gasteiger partial charge in [-0.15, -0.1) is 0 Å². The predicted molar refractivity (Wildman–Crippen MR) is 46.0 cm³/mol. The van der Waals surface area contributed by atoms with Gasteiger partial charge in [0.2, 0.25) is 0 Å². The first-order valence-electron chi connectivity index (χ1n) is 4.23. The largest absolute Gasteiger partial charge is 0.480 e. The molecule has 3 N–H and O–H groups in total. The number of hydrogen-bond donors (Lipinski definition) is 3. The Balaban J connectivity index is 0.000000217. The Morgan fingerprint density at radius 3 is 2.33 bits per heavy atom. The van der Waals surface area contributed by atoms with Gasteiger partial charge in [-0.2, -0.15) is 0 Å². The van der Waals surface area contributed by atoms with Crippen LogP contribution in [0.1, 0.15) is 26.2 Å². The molecular formula is C8H17NO3. The molecular weight excluding hydrogens is 158 g/mol. The Labute approximate surface area is 72.6 Å². The molecule has 0 amide bonds. The molecule has 1 heterocycles. The molecule has 4 nitrogen and oxygen atoms in total.